The van der Waals surface area contributed by atoms with Gasteiger partial charge in [-0.2, -0.15) is 0 Å². The average molecular weight is 431 g/mol. The second-order valence-electron chi connectivity index (χ2n) is 7.43. The summed E-state index contributed by atoms with van der Waals surface area (Å²) in [6.45, 7) is 0. The summed E-state index contributed by atoms with van der Waals surface area (Å²) in [5, 5.41) is 11.6. The molecule has 152 valence electrons. The lowest BCUT2D eigenvalue weighted by atomic mass is 9.95. The maximum absolute atomic E-state index is 13.0. The number of sulfone groups is 1. The minimum absolute atomic E-state index is 0.0469. The number of thiophene rings is 1. The molecule has 1 atom stereocenters. The number of hydrogen-bond donors (Lipinski definition) is 1. The number of methoxy groups -OCH3 is 1. The molecule has 5 nitrogen and oxygen atoms in total. The highest BCUT2D eigenvalue weighted by atomic mass is 32.2. The number of carbonyl (C=O) groups is 1. The summed E-state index contributed by atoms with van der Waals surface area (Å²) < 4.78 is 29.9. The topological polar surface area (TPSA) is 80.7 Å². The van der Waals surface area contributed by atoms with Gasteiger partial charge in [0.25, 0.3) is 0 Å². The predicted octanol–water partition coefficient (Wildman–Crippen LogP) is 4.85. The standard InChI is InChI=1S/C22H22O5S2/c1-27-18-7-6-15-12-17(5-4-16(15)13-18)19-8-9-20(28-19)22(14-21(23)24)10-2-3-11-29(22,25)26/h4-9,12-13H,2-3,10-11,14H2,1H3,(H,23,24)/t22-/m0/s1. The minimum atomic E-state index is -3.53. The van der Waals surface area contributed by atoms with Crippen molar-refractivity contribution in [3.8, 4) is 16.2 Å². The highest BCUT2D eigenvalue weighted by molar-refractivity contribution is 7.92. The molecule has 1 aliphatic rings. The lowest BCUT2D eigenvalue weighted by molar-refractivity contribution is -0.137. The molecule has 0 radical (unpaired) electrons. The molecule has 0 aliphatic carbocycles. The summed E-state index contributed by atoms with van der Waals surface area (Å²) in [6, 6.07) is 15.6. The fourth-order valence-corrected chi connectivity index (χ4v) is 7.87. The number of aliphatic carboxylic acids is 1. The highest BCUT2D eigenvalue weighted by Gasteiger charge is 2.49. The molecule has 1 N–H and O–H groups in total. The van der Waals surface area contributed by atoms with Gasteiger partial charge < -0.3 is 9.84 Å². The van der Waals surface area contributed by atoms with Crippen molar-refractivity contribution in [2.45, 2.75) is 30.4 Å². The van der Waals surface area contributed by atoms with Crippen molar-refractivity contribution < 1.29 is 23.1 Å². The van der Waals surface area contributed by atoms with Crippen LogP contribution in [0, 0.1) is 0 Å². The number of fused-ring (bicyclic) bond motifs is 1. The van der Waals surface area contributed by atoms with Crippen LogP contribution < -0.4 is 4.74 Å². The van der Waals surface area contributed by atoms with Crippen LogP contribution in [0.5, 0.6) is 5.75 Å². The first-order chi connectivity index (χ1) is 13.8. The molecular formula is C22H22O5S2. The van der Waals surface area contributed by atoms with E-state index >= 15 is 0 Å². The summed E-state index contributed by atoms with van der Waals surface area (Å²) in [7, 11) is -1.89. The second kappa shape index (κ2) is 7.46. The Kier molecular flexibility index (Phi) is 5.12. The van der Waals surface area contributed by atoms with Crippen molar-refractivity contribution >= 4 is 37.9 Å². The lowest BCUT2D eigenvalue weighted by Crippen LogP contribution is -2.41. The van der Waals surface area contributed by atoms with Crippen molar-refractivity contribution in [3.05, 3.63) is 53.4 Å². The molecule has 0 unspecified atom stereocenters. The smallest absolute Gasteiger partial charge is 0.305 e. The first-order valence-corrected chi connectivity index (χ1v) is 11.9. The number of rotatable bonds is 5. The van der Waals surface area contributed by atoms with Crippen molar-refractivity contribution in [3.63, 3.8) is 0 Å². The Hall–Kier alpha value is -2.38. The van der Waals surface area contributed by atoms with Gasteiger partial charge in [0.15, 0.2) is 9.84 Å². The van der Waals surface area contributed by atoms with E-state index < -0.39 is 20.6 Å². The van der Waals surface area contributed by atoms with Crippen LogP contribution in [0.15, 0.2) is 48.5 Å². The molecule has 0 saturated carbocycles. The molecule has 4 rings (SSSR count). The summed E-state index contributed by atoms with van der Waals surface area (Å²) >= 11 is 1.38. The van der Waals surface area contributed by atoms with Crippen LogP contribution in [-0.2, 0) is 19.4 Å². The van der Waals surface area contributed by atoms with Crippen molar-refractivity contribution in [2.75, 3.05) is 12.9 Å². The van der Waals surface area contributed by atoms with E-state index in [-0.39, 0.29) is 12.2 Å². The fourth-order valence-electron chi connectivity index (χ4n) is 4.10. The van der Waals surface area contributed by atoms with E-state index in [4.69, 9.17) is 4.74 Å². The molecule has 0 spiro atoms. The quantitative estimate of drug-likeness (QED) is 0.626. The summed E-state index contributed by atoms with van der Waals surface area (Å²) in [6.07, 6.45) is 1.29. The predicted molar refractivity (Wildman–Crippen MR) is 115 cm³/mol. The van der Waals surface area contributed by atoms with Gasteiger partial charge in [-0.3, -0.25) is 4.79 Å². The van der Waals surface area contributed by atoms with Gasteiger partial charge in [0, 0.05) is 9.75 Å². The Morgan fingerprint density at radius 1 is 1.10 bits per heavy atom. The van der Waals surface area contributed by atoms with Gasteiger partial charge >= 0.3 is 5.97 Å². The van der Waals surface area contributed by atoms with E-state index in [0.29, 0.717) is 17.7 Å². The number of carboxylic acids is 1. The van der Waals surface area contributed by atoms with Crippen LogP contribution >= 0.6 is 11.3 Å². The summed E-state index contributed by atoms with van der Waals surface area (Å²) in [5.41, 5.74) is 0.984. The van der Waals surface area contributed by atoms with Crippen LogP contribution in [-0.4, -0.2) is 32.4 Å². The van der Waals surface area contributed by atoms with Gasteiger partial charge in [-0.25, -0.2) is 8.42 Å². The SMILES string of the molecule is COc1ccc2cc(-c3ccc([C@@]4(CC(=O)O)CCCCS4(=O)=O)s3)ccc2c1. The molecule has 29 heavy (non-hydrogen) atoms. The summed E-state index contributed by atoms with van der Waals surface area (Å²) in [4.78, 5) is 13.1. The zero-order valence-corrected chi connectivity index (χ0v) is 17.7. The molecule has 0 bridgehead atoms. The third-order valence-electron chi connectivity index (χ3n) is 5.66. The third kappa shape index (κ3) is 3.53. The molecule has 2 aromatic carbocycles. The van der Waals surface area contributed by atoms with Gasteiger partial charge in [-0.15, -0.1) is 11.3 Å². The van der Waals surface area contributed by atoms with Crippen LogP contribution in [0.3, 0.4) is 0 Å². The molecule has 3 aromatic rings. The van der Waals surface area contributed by atoms with E-state index in [9.17, 15) is 18.3 Å². The van der Waals surface area contributed by atoms with E-state index in [1.165, 1.54) is 11.3 Å². The molecule has 1 saturated heterocycles. The van der Waals surface area contributed by atoms with E-state index in [1.807, 2.05) is 36.4 Å². The molecule has 0 amide bonds. The van der Waals surface area contributed by atoms with Gasteiger partial charge in [0.2, 0.25) is 0 Å². The van der Waals surface area contributed by atoms with Gasteiger partial charge in [0.1, 0.15) is 10.5 Å². The van der Waals surface area contributed by atoms with Crippen LogP contribution in [0.4, 0.5) is 0 Å². The minimum Gasteiger partial charge on any atom is -0.497 e. The number of carboxylic acid groups (broad SMARTS) is 1. The highest BCUT2D eigenvalue weighted by Crippen LogP contribution is 2.47. The Morgan fingerprint density at radius 3 is 2.59 bits per heavy atom. The van der Waals surface area contributed by atoms with Gasteiger partial charge in [0.05, 0.1) is 19.3 Å². The average Bonchev–Trinajstić information content (AvgIpc) is 3.19. The van der Waals surface area contributed by atoms with Crippen LogP contribution in [0.1, 0.15) is 30.6 Å². The molecule has 1 aromatic heterocycles. The number of benzene rings is 2. The first kappa shape index (κ1) is 19.9. The fraction of sp³-hybridized carbons (Fsp3) is 0.318. The molecular weight excluding hydrogens is 408 g/mol. The first-order valence-electron chi connectivity index (χ1n) is 9.47. The normalized spacial score (nSPS) is 21.1. The van der Waals surface area contributed by atoms with Gasteiger partial charge in [-0.05, 0) is 59.5 Å². The molecule has 1 fully saturated rings. The summed E-state index contributed by atoms with van der Waals surface area (Å²) in [5.74, 6) is -0.238. The third-order valence-corrected chi connectivity index (χ3v) is 9.72. The molecule has 1 aliphatic heterocycles. The van der Waals surface area contributed by atoms with E-state index in [1.54, 1.807) is 13.2 Å². The maximum atomic E-state index is 13.0. The zero-order chi connectivity index (χ0) is 20.6. The van der Waals surface area contributed by atoms with E-state index in [2.05, 4.69) is 6.07 Å². The number of hydrogen-bond acceptors (Lipinski definition) is 5. The Bertz CT molecular complexity index is 1180. The van der Waals surface area contributed by atoms with Crippen LogP contribution in [0.2, 0.25) is 0 Å². The zero-order valence-electron chi connectivity index (χ0n) is 16.1. The lowest BCUT2D eigenvalue weighted by Gasteiger charge is -2.34. The molecule has 7 heteroatoms. The van der Waals surface area contributed by atoms with Crippen molar-refractivity contribution in [1.29, 1.82) is 0 Å². The Morgan fingerprint density at radius 2 is 1.86 bits per heavy atom. The van der Waals surface area contributed by atoms with E-state index in [0.717, 1.165) is 33.4 Å². The maximum Gasteiger partial charge on any atom is 0.305 e. The number of ether oxygens (including phenoxy) is 1. The van der Waals surface area contributed by atoms with Crippen molar-refractivity contribution in [1.82, 2.24) is 0 Å². The molecule has 2 heterocycles. The second-order valence-corrected chi connectivity index (χ2v) is 10.9. The van der Waals surface area contributed by atoms with Crippen molar-refractivity contribution in [2.24, 2.45) is 0 Å². The monoisotopic (exact) mass is 430 g/mol. The van der Waals surface area contributed by atoms with Gasteiger partial charge in [-0.1, -0.05) is 24.6 Å². The Balaban J connectivity index is 1.76. The largest absolute Gasteiger partial charge is 0.497 e. The van der Waals surface area contributed by atoms with Crippen LogP contribution in [0.25, 0.3) is 21.2 Å². The Labute approximate surface area is 173 Å².